The minimum absolute atomic E-state index is 0.136. The number of nitro benzene ring substituents is 1. The molecular formula is C10H13N3O4S. The minimum atomic E-state index is -2.68. The Hall–Kier alpha value is -2.09. The molecule has 1 atom stereocenters. The fourth-order valence-corrected chi connectivity index (χ4v) is 1.65. The third-order valence-electron chi connectivity index (χ3n) is 1.99. The summed E-state index contributed by atoms with van der Waals surface area (Å²) in [6.45, 7) is 1.69. The second-order valence-corrected chi connectivity index (χ2v) is 6.03. The molecule has 0 aliphatic rings. The predicted octanol–water partition coefficient (Wildman–Crippen LogP) is 1.29. The van der Waals surface area contributed by atoms with Crippen LogP contribution in [0.5, 0.6) is 0 Å². The molecule has 1 rings (SSSR count). The van der Waals surface area contributed by atoms with Crippen LogP contribution in [0.1, 0.15) is 5.56 Å². The average molecular weight is 271 g/mol. The summed E-state index contributed by atoms with van der Waals surface area (Å²) in [5, 5.41) is 13.0. The Morgan fingerprint density at radius 3 is 2.61 bits per heavy atom. The highest BCUT2D eigenvalue weighted by Gasteiger charge is 2.11. The Balaban J connectivity index is 2.93. The number of hydrogen-bond acceptors (Lipinski definition) is 4. The maximum Gasteiger partial charge on any atom is 0.330 e. The first kappa shape index (κ1) is 14.0. The first-order valence-electron chi connectivity index (χ1n) is 4.85. The lowest BCUT2D eigenvalue weighted by Crippen LogP contribution is -2.33. The standard InChI is InChI=1S/C10H13N3O4S/c1-7-4-5-8(13(15)16)6-9(7)11-10(14)12-18(2,3)17/h4-6H,2H2,1,3H3,(H2,11,12,14,17). The number of nitrogens with one attached hydrogen (secondary N) is 2. The van der Waals surface area contributed by atoms with Crippen LogP contribution in [0, 0.1) is 17.0 Å². The van der Waals surface area contributed by atoms with Crippen LogP contribution in [0.25, 0.3) is 0 Å². The van der Waals surface area contributed by atoms with Crippen molar-refractivity contribution in [2.24, 2.45) is 0 Å². The number of nitro groups is 1. The zero-order valence-corrected chi connectivity index (χ0v) is 10.7. The van der Waals surface area contributed by atoms with Gasteiger partial charge in [0.1, 0.15) is 0 Å². The molecule has 0 radical (unpaired) electrons. The number of rotatable bonds is 3. The average Bonchev–Trinajstić information content (AvgIpc) is 2.18. The van der Waals surface area contributed by atoms with Crippen molar-refractivity contribution in [3.8, 4) is 0 Å². The molecule has 1 unspecified atom stereocenters. The third-order valence-corrected chi connectivity index (χ3v) is 2.61. The number of carbonyl (C=O) groups excluding carboxylic acids is 1. The SMILES string of the molecule is C=S(C)(=O)NC(=O)Nc1cc([N+](=O)[O-])ccc1C. The first-order valence-corrected chi connectivity index (χ1v) is 6.98. The largest absolute Gasteiger partial charge is 0.330 e. The topological polar surface area (TPSA) is 101 Å². The second kappa shape index (κ2) is 5.05. The van der Waals surface area contributed by atoms with Crippen LogP contribution in [0.2, 0.25) is 0 Å². The molecule has 0 bridgehead atoms. The van der Waals surface area contributed by atoms with Crippen molar-refractivity contribution >= 4 is 33.0 Å². The lowest BCUT2D eigenvalue weighted by atomic mass is 10.2. The van der Waals surface area contributed by atoms with Gasteiger partial charge in [-0.2, -0.15) is 0 Å². The summed E-state index contributed by atoms with van der Waals surface area (Å²) in [5.74, 6) is 3.27. The van der Waals surface area contributed by atoms with E-state index in [1.165, 1.54) is 24.5 Å². The normalized spacial score (nSPS) is 13.4. The number of nitrogens with zero attached hydrogens (tertiary/aromatic N) is 1. The van der Waals surface area contributed by atoms with Crippen molar-refractivity contribution in [3.63, 3.8) is 0 Å². The van der Waals surface area contributed by atoms with Gasteiger partial charge in [0, 0.05) is 28.1 Å². The highest BCUT2D eigenvalue weighted by molar-refractivity contribution is 7.98. The molecular weight excluding hydrogens is 258 g/mol. The monoisotopic (exact) mass is 271 g/mol. The van der Waals surface area contributed by atoms with E-state index < -0.39 is 20.7 Å². The highest BCUT2D eigenvalue weighted by Crippen LogP contribution is 2.21. The van der Waals surface area contributed by atoms with E-state index in [0.717, 1.165) is 0 Å². The van der Waals surface area contributed by atoms with Gasteiger partial charge in [-0.05, 0) is 18.4 Å². The number of anilines is 1. The van der Waals surface area contributed by atoms with Gasteiger partial charge >= 0.3 is 6.03 Å². The number of benzene rings is 1. The molecule has 98 valence electrons. The Bertz CT molecular complexity index is 595. The maximum absolute atomic E-state index is 11.5. The number of non-ortho nitro benzene ring substituents is 1. The van der Waals surface area contributed by atoms with E-state index in [1.807, 2.05) is 0 Å². The zero-order chi connectivity index (χ0) is 13.9. The van der Waals surface area contributed by atoms with Crippen LogP contribution in [0.4, 0.5) is 16.2 Å². The summed E-state index contributed by atoms with van der Waals surface area (Å²) in [6.07, 6.45) is 1.27. The van der Waals surface area contributed by atoms with E-state index in [4.69, 9.17) is 0 Å². The molecule has 18 heavy (non-hydrogen) atoms. The molecule has 0 aliphatic heterocycles. The van der Waals surface area contributed by atoms with Crippen LogP contribution in [-0.2, 0) is 9.71 Å². The fourth-order valence-electron chi connectivity index (χ4n) is 1.20. The van der Waals surface area contributed by atoms with E-state index in [1.54, 1.807) is 6.92 Å². The predicted molar refractivity (Wildman–Crippen MR) is 71.2 cm³/mol. The molecule has 2 N–H and O–H groups in total. The molecule has 1 aromatic rings. The fraction of sp³-hybridized carbons (Fsp3) is 0.200. The summed E-state index contributed by atoms with van der Waals surface area (Å²) < 4.78 is 13.4. The summed E-state index contributed by atoms with van der Waals surface area (Å²) >= 11 is 0. The van der Waals surface area contributed by atoms with Crippen molar-refractivity contribution in [3.05, 3.63) is 33.9 Å². The van der Waals surface area contributed by atoms with E-state index in [-0.39, 0.29) is 11.4 Å². The number of urea groups is 1. The third kappa shape index (κ3) is 4.06. The van der Waals surface area contributed by atoms with E-state index in [9.17, 15) is 19.1 Å². The molecule has 7 nitrogen and oxygen atoms in total. The van der Waals surface area contributed by atoms with Gasteiger partial charge in [-0.1, -0.05) is 6.07 Å². The molecule has 0 fully saturated rings. The molecule has 1 aromatic carbocycles. The summed E-state index contributed by atoms with van der Waals surface area (Å²) in [4.78, 5) is 21.5. The number of amides is 2. The van der Waals surface area contributed by atoms with E-state index >= 15 is 0 Å². The number of aryl methyl sites for hydroxylation is 1. The van der Waals surface area contributed by atoms with Crippen LogP contribution < -0.4 is 10.0 Å². The van der Waals surface area contributed by atoms with Crippen molar-refractivity contribution in [1.82, 2.24) is 4.72 Å². The Morgan fingerprint density at radius 1 is 1.50 bits per heavy atom. The van der Waals surface area contributed by atoms with Crippen LogP contribution in [0.15, 0.2) is 18.2 Å². The quantitative estimate of drug-likeness (QED) is 0.491. The van der Waals surface area contributed by atoms with Crippen molar-refractivity contribution in [2.75, 3.05) is 11.6 Å². The van der Waals surface area contributed by atoms with Gasteiger partial charge in [0.15, 0.2) is 0 Å². The molecule has 0 saturated heterocycles. The van der Waals surface area contributed by atoms with E-state index in [2.05, 4.69) is 15.9 Å². The Morgan fingerprint density at radius 2 is 2.11 bits per heavy atom. The molecule has 0 heterocycles. The van der Waals surface area contributed by atoms with Gasteiger partial charge < -0.3 is 5.32 Å². The smallest absolute Gasteiger partial charge is 0.307 e. The van der Waals surface area contributed by atoms with Gasteiger partial charge in [-0.3, -0.25) is 14.8 Å². The van der Waals surface area contributed by atoms with Crippen LogP contribution in [-0.4, -0.2) is 27.3 Å². The lowest BCUT2D eigenvalue weighted by Gasteiger charge is -2.10. The molecule has 0 aromatic heterocycles. The first-order chi connectivity index (χ1) is 8.19. The summed E-state index contributed by atoms with van der Waals surface area (Å²) in [5.41, 5.74) is 0.801. The van der Waals surface area contributed by atoms with Gasteiger partial charge in [-0.25, -0.2) is 9.00 Å². The van der Waals surface area contributed by atoms with Crippen LogP contribution in [0.3, 0.4) is 0 Å². The Kier molecular flexibility index (Phi) is 3.92. The van der Waals surface area contributed by atoms with Gasteiger partial charge in [0.25, 0.3) is 5.69 Å². The van der Waals surface area contributed by atoms with Crippen LogP contribution >= 0.6 is 0 Å². The summed E-state index contributed by atoms with van der Waals surface area (Å²) in [6, 6.07) is 3.36. The molecule has 0 spiro atoms. The highest BCUT2D eigenvalue weighted by atomic mass is 32.2. The van der Waals surface area contributed by atoms with Gasteiger partial charge in [0.05, 0.1) is 10.6 Å². The molecule has 0 aliphatic carbocycles. The summed E-state index contributed by atoms with van der Waals surface area (Å²) in [7, 11) is -2.68. The Labute approximate surface area is 104 Å². The van der Waals surface area contributed by atoms with E-state index in [0.29, 0.717) is 5.56 Å². The minimum Gasteiger partial charge on any atom is -0.307 e. The van der Waals surface area contributed by atoms with Crippen molar-refractivity contribution in [2.45, 2.75) is 6.92 Å². The van der Waals surface area contributed by atoms with Crippen molar-refractivity contribution in [1.29, 1.82) is 0 Å². The molecule has 2 amide bonds. The van der Waals surface area contributed by atoms with Gasteiger partial charge in [0.2, 0.25) is 0 Å². The number of carbonyl (C=O) groups is 1. The number of hydrogen-bond donors (Lipinski definition) is 2. The van der Waals surface area contributed by atoms with Crippen molar-refractivity contribution < 1.29 is 13.9 Å². The molecule has 8 heteroatoms. The maximum atomic E-state index is 11.5. The second-order valence-electron chi connectivity index (χ2n) is 3.82. The zero-order valence-electron chi connectivity index (χ0n) is 9.93. The van der Waals surface area contributed by atoms with Gasteiger partial charge in [-0.15, -0.1) is 0 Å². The lowest BCUT2D eigenvalue weighted by molar-refractivity contribution is -0.384. The molecule has 0 saturated carbocycles.